The van der Waals surface area contributed by atoms with Gasteiger partial charge in [-0.2, -0.15) is 0 Å². The van der Waals surface area contributed by atoms with Crippen molar-refractivity contribution in [3.8, 4) is 0 Å². The first kappa shape index (κ1) is 13.3. The van der Waals surface area contributed by atoms with Gasteiger partial charge < -0.3 is 5.73 Å². The molecule has 0 saturated carbocycles. The minimum Gasteiger partial charge on any atom is -0.321 e. The first-order valence-electron chi connectivity index (χ1n) is 4.64. The molecule has 0 aliphatic carbocycles. The van der Waals surface area contributed by atoms with Crippen molar-refractivity contribution in [1.82, 2.24) is 0 Å². The fraction of sp³-hybridized carbons (Fsp3) is 0.300. The van der Waals surface area contributed by atoms with Crippen LogP contribution in [0.5, 0.6) is 0 Å². The summed E-state index contributed by atoms with van der Waals surface area (Å²) in [6, 6.07) is 5.85. The van der Waals surface area contributed by atoms with E-state index in [1.165, 1.54) is 6.07 Å². The summed E-state index contributed by atoms with van der Waals surface area (Å²) < 4.78 is 22.6. The maximum absolute atomic E-state index is 11.3. The Bertz CT molecular complexity index is 499. The fourth-order valence-electron chi connectivity index (χ4n) is 1.26. The van der Waals surface area contributed by atoms with Gasteiger partial charge in [0.25, 0.3) is 0 Å². The highest BCUT2D eigenvalue weighted by Gasteiger charge is 2.12. The molecule has 1 rings (SSSR count). The van der Waals surface area contributed by atoms with Gasteiger partial charge in [-0.1, -0.05) is 21.4 Å². The molecular formula is C10H14NO3PS. The molecule has 88 valence electrons. The molecule has 2 unspecified atom stereocenters. The summed E-state index contributed by atoms with van der Waals surface area (Å²) in [5.74, 6) is 0. The summed E-state index contributed by atoms with van der Waals surface area (Å²) >= 11 is 0. The SMILES string of the molecule is CS(=O)(=O)c1cccc(CC(N)C(=O)P)c1. The lowest BCUT2D eigenvalue weighted by atomic mass is 10.1. The molecule has 0 amide bonds. The second kappa shape index (κ2) is 5.04. The van der Waals surface area contributed by atoms with E-state index in [0.717, 1.165) is 11.8 Å². The third-order valence-electron chi connectivity index (χ3n) is 2.15. The number of rotatable bonds is 4. The first-order chi connectivity index (χ1) is 7.30. The van der Waals surface area contributed by atoms with Crippen molar-refractivity contribution in [2.75, 3.05) is 6.26 Å². The normalized spacial score (nSPS) is 13.4. The molecule has 6 heteroatoms. The Morgan fingerprint density at radius 1 is 1.50 bits per heavy atom. The van der Waals surface area contributed by atoms with E-state index < -0.39 is 15.9 Å². The summed E-state index contributed by atoms with van der Waals surface area (Å²) in [6.45, 7) is 0. The van der Waals surface area contributed by atoms with Crippen LogP contribution < -0.4 is 5.73 Å². The van der Waals surface area contributed by atoms with Gasteiger partial charge in [0.15, 0.2) is 15.4 Å². The maximum atomic E-state index is 11.3. The third kappa shape index (κ3) is 3.67. The van der Waals surface area contributed by atoms with E-state index >= 15 is 0 Å². The quantitative estimate of drug-likeness (QED) is 0.792. The molecule has 0 aliphatic heterocycles. The third-order valence-corrected chi connectivity index (χ3v) is 3.69. The summed E-state index contributed by atoms with van der Waals surface area (Å²) in [4.78, 5) is 11.2. The molecule has 16 heavy (non-hydrogen) atoms. The Kier molecular flexibility index (Phi) is 4.19. The van der Waals surface area contributed by atoms with Crippen LogP contribution in [0.3, 0.4) is 0 Å². The van der Waals surface area contributed by atoms with E-state index in [1.54, 1.807) is 18.2 Å². The molecule has 0 aliphatic rings. The molecule has 0 aromatic heterocycles. The van der Waals surface area contributed by atoms with E-state index in [2.05, 4.69) is 0 Å². The van der Waals surface area contributed by atoms with Crippen molar-refractivity contribution in [1.29, 1.82) is 0 Å². The number of carbonyl (C=O) groups excluding carboxylic acids is 1. The number of benzene rings is 1. The van der Waals surface area contributed by atoms with Crippen LogP contribution in [0, 0.1) is 0 Å². The monoisotopic (exact) mass is 259 g/mol. The van der Waals surface area contributed by atoms with Crippen molar-refractivity contribution < 1.29 is 13.2 Å². The van der Waals surface area contributed by atoms with Gasteiger partial charge in [0.05, 0.1) is 10.9 Å². The molecule has 0 fully saturated rings. The predicted octanol–water partition coefficient (Wildman–Crippen LogP) is 0.362. The van der Waals surface area contributed by atoms with Gasteiger partial charge in [-0.05, 0) is 24.1 Å². The summed E-state index contributed by atoms with van der Waals surface area (Å²) in [6.07, 6.45) is 1.48. The number of nitrogens with two attached hydrogens (primary N) is 1. The van der Waals surface area contributed by atoms with Gasteiger partial charge in [0.2, 0.25) is 0 Å². The Morgan fingerprint density at radius 2 is 2.12 bits per heavy atom. The molecule has 0 spiro atoms. The molecule has 4 nitrogen and oxygen atoms in total. The van der Waals surface area contributed by atoms with Crippen LogP contribution in [0.2, 0.25) is 0 Å². The van der Waals surface area contributed by atoms with Crippen LogP contribution in [0.25, 0.3) is 0 Å². The van der Waals surface area contributed by atoms with Crippen LogP contribution in [-0.2, 0) is 21.1 Å². The fourth-order valence-corrected chi connectivity index (χ4v) is 2.07. The lowest BCUT2D eigenvalue weighted by Crippen LogP contribution is -2.28. The van der Waals surface area contributed by atoms with Crippen LogP contribution in [0.15, 0.2) is 29.2 Å². The lowest BCUT2D eigenvalue weighted by Gasteiger charge is -2.08. The van der Waals surface area contributed by atoms with Crippen LogP contribution in [0.4, 0.5) is 0 Å². The van der Waals surface area contributed by atoms with Crippen molar-refractivity contribution >= 4 is 24.6 Å². The van der Waals surface area contributed by atoms with E-state index in [0.29, 0.717) is 6.42 Å². The lowest BCUT2D eigenvalue weighted by molar-refractivity contribution is -0.112. The van der Waals surface area contributed by atoms with Crippen molar-refractivity contribution in [2.24, 2.45) is 5.73 Å². The molecule has 0 bridgehead atoms. The zero-order valence-electron chi connectivity index (χ0n) is 8.88. The van der Waals surface area contributed by atoms with Crippen molar-refractivity contribution in [3.05, 3.63) is 29.8 Å². The highest BCUT2D eigenvalue weighted by atomic mass is 32.2. The number of sulfone groups is 1. The van der Waals surface area contributed by atoms with Gasteiger partial charge in [-0.25, -0.2) is 8.42 Å². The molecule has 1 aromatic rings. The number of hydrogen-bond acceptors (Lipinski definition) is 4. The highest BCUT2D eigenvalue weighted by molar-refractivity contribution is 7.90. The molecule has 0 heterocycles. The van der Waals surface area contributed by atoms with Crippen LogP contribution in [-0.4, -0.2) is 26.2 Å². The molecule has 2 N–H and O–H groups in total. The van der Waals surface area contributed by atoms with E-state index in [9.17, 15) is 13.2 Å². The molecule has 2 atom stereocenters. The predicted molar refractivity (Wildman–Crippen MR) is 65.9 cm³/mol. The Balaban J connectivity index is 2.96. The van der Waals surface area contributed by atoms with Crippen LogP contribution >= 0.6 is 9.24 Å². The summed E-state index contributed by atoms with van der Waals surface area (Å²) in [5, 5.41) is 0. The van der Waals surface area contributed by atoms with Gasteiger partial charge >= 0.3 is 0 Å². The average molecular weight is 259 g/mol. The van der Waals surface area contributed by atoms with Crippen molar-refractivity contribution in [3.63, 3.8) is 0 Å². The standard InChI is InChI=1S/C10H14NO3PS/c1-16(13,14)8-4-2-3-7(5-8)6-9(11)10(12)15/h2-5,9H,6,11,15H2,1H3. The average Bonchev–Trinajstić information content (AvgIpc) is 2.16. The minimum atomic E-state index is -3.21. The Hall–Kier alpha value is -0.770. The largest absolute Gasteiger partial charge is 0.321 e. The smallest absolute Gasteiger partial charge is 0.175 e. The topological polar surface area (TPSA) is 77.2 Å². The molecular weight excluding hydrogens is 245 g/mol. The number of carbonyl (C=O) groups is 1. The van der Waals surface area contributed by atoms with E-state index in [-0.39, 0.29) is 10.4 Å². The zero-order chi connectivity index (χ0) is 12.3. The number of hydrogen-bond donors (Lipinski definition) is 1. The molecule has 0 saturated heterocycles. The maximum Gasteiger partial charge on any atom is 0.175 e. The van der Waals surface area contributed by atoms with Gasteiger partial charge in [0.1, 0.15) is 0 Å². The summed E-state index contributed by atoms with van der Waals surface area (Å²) in [7, 11) is -1.19. The van der Waals surface area contributed by atoms with Crippen molar-refractivity contribution in [2.45, 2.75) is 17.4 Å². The van der Waals surface area contributed by atoms with Gasteiger partial charge in [-0.3, -0.25) is 4.79 Å². The van der Waals surface area contributed by atoms with Crippen LogP contribution in [0.1, 0.15) is 5.56 Å². The second-order valence-electron chi connectivity index (χ2n) is 3.63. The molecule has 0 radical (unpaired) electrons. The minimum absolute atomic E-state index is 0.190. The van der Waals surface area contributed by atoms with E-state index in [1.807, 2.05) is 9.24 Å². The first-order valence-corrected chi connectivity index (χ1v) is 7.11. The second-order valence-corrected chi connectivity index (χ2v) is 6.22. The Morgan fingerprint density at radius 3 is 2.62 bits per heavy atom. The Labute approximate surface area is 97.3 Å². The highest BCUT2D eigenvalue weighted by Crippen LogP contribution is 2.13. The molecule has 1 aromatic carbocycles. The van der Waals surface area contributed by atoms with Gasteiger partial charge in [0, 0.05) is 6.26 Å². The van der Waals surface area contributed by atoms with E-state index in [4.69, 9.17) is 5.73 Å². The van der Waals surface area contributed by atoms with Gasteiger partial charge in [-0.15, -0.1) is 0 Å². The summed E-state index contributed by atoms with van der Waals surface area (Å²) in [5.41, 5.74) is 6.14. The zero-order valence-corrected chi connectivity index (χ0v) is 10.9.